The Morgan fingerprint density at radius 1 is 1.02 bits per heavy atom. The molecule has 3 aromatic rings. The molecule has 0 radical (unpaired) electrons. The largest absolute Gasteiger partial charge is 0.495 e. The zero-order valence-corrected chi connectivity index (χ0v) is 26.8. The third kappa shape index (κ3) is 7.85. The standard InChI is InChI=1S/C31H35BrClN3O5S/c1-22(31(38)34-25-9-5-3-6-10-25)35(20-23-13-15-24(32)16-14-23)30(37)21-36(26-17-18-29(41-2)28(33)19-26)42(39,40)27-11-7-4-8-12-27/h4,7-8,11-19,22,25H,3,5-6,9-10,20-21H2,1-2H3,(H,34,38)/t22-/m1/s1. The average molecular weight is 677 g/mol. The molecule has 0 heterocycles. The van der Waals surface area contributed by atoms with Gasteiger partial charge in [0, 0.05) is 17.1 Å². The van der Waals surface area contributed by atoms with Gasteiger partial charge in [-0.2, -0.15) is 0 Å². The maximum Gasteiger partial charge on any atom is 0.264 e. The van der Waals surface area contributed by atoms with Crippen LogP contribution in [0.5, 0.6) is 5.75 Å². The molecule has 0 aromatic heterocycles. The van der Waals surface area contributed by atoms with Crippen LogP contribution in [0.3, 0.4) is 0 Å². The average Bonchev–Trinajstić information content (AvgIpc) is 3.00. The molecule has 1 atom stereocenters. The summed E-state index contributed by atoms with van der Waals surface area (Å²) < 4.78 is 35.0. The number of carbonyl (C=O) groups is 2. The Morgan fingerprint density at radius 2 is 1.69 bits per heavy atom. The molecule has 0 spiro atoms. The molecule has 1 N–H and O–H groups in total. The summed E-state index contributed by atoms with van der Waals surface area (Å²) in [4.78, 5) is 29.0. The number of amides is 2. The van der Waals surface area contributed by atoms with Crippen LogP contribution in [-0.2, 0) is 26.2 Å². The Balaban J connectivity index is 1.69. The van der Waals surface area contributed by atoms with Gasteiger partial charge in [-0.25, -0.2) is 8.42 Å². The molecule has 8 nitrogen and oxygen atoms in total. The summed E-state index contributed by atoms with van der Waals surface area (Å²) in [7, 11) is -2.73. The SMILES string of the molecule is COc1ccc(N(CC(=O)N(Cc2ccc(Br)cc2)[C@H](C)C(=O)NC2CCCCC2)S(=O)(=O)c2ccccc2)cc1Cl. The van der Waals surface area contributed by atoms with E-state index in [1.807, 2.05) is 24.3 Å². The lowest BCUT2D eigenvalue weighted by molar-refractivity contribution is -0.139. The normalized spacial score (nSPS) is 14.6. The van der Waals surface area contributed by atoms with Crippen molar-refractivity contribution in [1.82, 2.24) is 10.2 Å². The smallest absolute Gasteiger partial charge is 0.264 e. The number of ether oxygens (including phenoxy) is 1. The van der Waals surface area contributed by atoms with Gasteiger partial charge in [-0.05, 0) is 67.8 Å². The van der Waals surface area contributed by atoms with Crippen molar-refractivity contribution in [3.8, 4) is 5.75 Å². The van der Waals surface area contributed by atoms with E-state index in [0.29, 0.717) is 5.75 Å². The maximum absolute atomic E-state index is 14.1. The molecule has 42 heavy (non-hydrogen) atoms. The number of halogens is 2. The zero-order chi connectivity index (χ0) is 30.3. The summed E-state index contributed by atoms with van der Waals surface area (Å²) in [5, 5.41) is 3.30. The maximum atomic E-state index is 14.1. The first kappa shape index (κ1) is 31.8. The van der Waals surface area contributed by atoms with Crippen molar-refractivity contribution >= 4 is 55.1 Å². The van der Waals surface area contributed by atoms with Crippen molar-refractivity contribution in [1.29, 1.82) is 0 Å². The summed E-state index contributed by atoms with van der Waals surface area (Å²) in [6.45, 7) is 1.25. The Hall–Kier alpha value is -3.08. The van der Waals surface area contributed by atoms with Crippen LogP contribution in [0.15, 0.2) is 82.2 Å². The van der Waals surface area contributed by atoms with Crippen molar-refractivity contribution in [3.63, 3.8) is 0 Å². The quantitative estimate of drug-likeness (QED) is 0.262. The second-order valence-corrected chi connectivity index (χ2v) is 13.5. The lowest BCUT2D eigenvalue weighted by atomic mass is 9.95. The van der Waals surface area contributed by atoms with Gasteiger partial charge in [-0.15, -0.1) is 0 Å². The summed E-state index contributed by atoms with van der Waals surface area (Å²) in [5.41, 5.74) is 0.995. The van der Waals surface area contributed by atoms with E-state index < -0.39 is 28.5 Å². The van der Waals surface area contributed by atoms with E-state index in [2.05, 4.69) is 21.2 Å². The van der Waals surface area contributed by atoms with Crippen LogP contribution in [0.4, 0.5) is 5.69 Å². The highest BCUT2D eigenvalue weighted by molar-refractivity contribution is 9.10. The molecule has 11 heteroatoms. The fraction of sp³-hybridized carbons (Fsp3) is 0.355. The molecule has 0 bridgehead atoms. The highest BCUT2D eigenvalue weighted by Crippen LogP contribution is 2.32. The molecule has 4 rings (SSSR count). The number of hydrogen-bond donors (Lipinski definition) is 1. The predicted molar refractivity (Wildman–Crippen MR) is 168 cm³/mol. The lowest BCUT2D eigenvalue weighted by Gasteiger charge is -2.33. The molecule has 224 valence electrons. The minimum atomic E-state index is -4.19. The minimum absolute atomic E-state index is 0.0206. The third-order valence-electron chi connectivity index (χ3n) is 7.42. The molecule has 1 aliphatic rings. The minimum Gasteiger partial charge on any atom is -0.495 e. The summed E-state index contributed by atoms with van der Waals surface area (Å²) in [5.74, 6) is -0.429. The third-order valence-corrected chi connectivity index (χ3v) is 10.0. The molecule has 0 aliphatic heterocycles. The Labute approximate surface area is 261 Å². The van der Waals surface area contributed by atoms with Crippen molar-refractivity contribution in [3.05, 3.63) is 87.9 Å². The van der Waals surface area contributed by atoms with E-state index >= 15 is 0 Å². The number of methoxy groups -OCH3 is 1. The van der Waals surface area contributed by atoms with Gasteiger partial charge in [0.1, 0.15) is 18.3 Å². The first-order valence-corrected chi connectivity index (χ1v) is 16.5. The molecule has 2 amide bonds. The summed E-state index contributed by atoms with van der Waals surface area (Å²) >= 11 is 9.80. The molecule has 1 saturated carbocycles. The van der Waals surface area contributed by atoms with Crippen molar-refractivity contribution in [2.24, 2.45) is 0 Å². The summed E-state index contributed by atoms with van der Waals surface area (Å²) in [6, 6.07) is 19.1. The van der Waals surface area contributed by atoms with E-state index in [1.165, 1.54) is 36.3 Å². The van der Waals surface area contributed by atoms with Crippen molar-refractivity contribution in [2.75, 3.05) is 18.0 Å². The Morgan fingerprint density at radius 3 is 2.31 bits per heavy atom. The first-order valence-electron chi connectivity index (χ1n) is 13.9. The number of anilines is 1. The van der Waals surface area contributed by atoms with Crippen molar-refractivity contribution in [2.45, 2.75) is 62.6 Å². The van der Waals surface area contributed by atoms with Gasteiger partial charge in [0.2, 0.25) is 11.8 Å². The molecule has 3 aromatic carbocycles. The van der Waals surface area contributed by atoms with Crippen LogP contribution < -0.4 is 14.4 Å². The van der Waals surface area contributed by atoms with E-state index in [1.54, 1.807) is 31.2 Å². The van der Waals surface area contributed by atoms with Crippen molar-refractivity contribution < 1.29 is 22.7 Å². The molecular weight excluding hydrogens is 642 g/mol. The highest BCUT2D eigenvalue weighted by Gasteiger charge is 2.33. The van der Waals surface area contributed by atoms with Crippen LogP contribution in [-0.4, -0.2) is 50.9 Å². The van der Waals surface area contributed by atoms with Gasteiger partial charge >= 0.3 is 0 Å². The second-order valence-electron chi connectivity index (χ2n) is 10.3. The van der Waals surface area contributed by atoms with Crippen LogP contribution in [0.2, 0.25) is 5.02 Å². The molecule has 0 unspecified atom stereocenters. The molecule has 1 fully saturated rings. The topological polar surface area (TPSA) is 96.0 Å². The molecule has 1 aliphatic carbocycles. The fourth-order valence-electron chi connectivity index (χ4n) is 5.00. The van der Waals surface area contributed by atoms with E-state index in [4.69, 9.17) is 16.3 Å². The number of nitrogens with zero attached hydrogens (tertiary/aromatic N) is 2. The van der Waals surface area contributed by atoms with Gasteiger partial charge in [-0.3, -0.25) is 13.9 Å². The van der Waals surface area contributed by atoms with Crippen LogP contribution in [0.25, 0.3) is 0 Å². The van der Waals surface area contributed by atoms with Gasteiger partial charge in [0.05, 0.1) is 22.7 Å². The number of carbonyl (C=O) groups excluding carboxylic acids is 2. The Bertz CT molecular complexity index is 1480. The first-order chi connectivity index (χ1) is 20.1. The fourth-order valence-corrected chi connectivity index (χ4v) is 6.94. The highest BCUT2D eigenvalue weighted by atomic mass is 79.9. The van der Waals surface area contributed by atoms with Crippen LogP contribution in [0, 0.1) is 0 Å². The van der Waals surface area contributed by atoms with E-state index in [9.17, 15) is 18.0 Å². The number of hydrogen-bond acceptors (Lipinski definition) is 5. The number of sulfonamides is 1. The number of benzene rings is 3. The predicted octanol–water partition coefficient (Wildman–Crippen LogP) is 6.17. The monoisotopic (exact) mass is 675 g/mol. The second kappa shape index (κ2) is 14.4. The van der Waals surface area contributed by atoms with Crippen LogP contribution >= 0.6 is 27.5 Å². The number of nitrogens with one attached hydrogen (secondary N) is 1. The van der Waals surface area contributed by atoms with E-state index in [-0.39, 0.29) is 34.1 Å². The summed E-state index contributed by atoms with van der Waals surface area (Å²) in [6.07, 6.45) is 5.06. The van der Waals surface area contributed by atoms with Gasteiger partial charge < -0.3 is 15.0 Å². The van der Waals surface area contributed by atoms with Gasteiger partial charge in [0.25, 0.3) is 10.0 Å². The molecular formula is C31H35BrClN3O5S. The zero-order valence-electron chi connectivity index (χ0n) is 23.6. The lowest BCUT2D eigenvalue weighted by Crippen LogP contribution is -2.53. The van der Waals surface area contributed by atoms with Gasteiger partial charge in [0.15, 0.2) is 0 Å². The van der Waals surface area contributed by atoms with Crippen LogP contribution in [0.1, 0.15) is 44.6 Å². The Kier molecular flexibility index (Phi) is 10.9. The number of rotatable bonds is 11. The van der Waals surface area contributed by atoms with Gasteiger partial charge in [-0.1, -0.05) is 77.1 Å². The van der Waals surface area contributed by atoms with E-state index in [0.717, 1.165) is 46.4 Å². The molecule has 0 saturated heterocycles.